The van der Waals surface area contributed by atoms with Crippen LogP contribution in [0.3, 0.4) is 0 Å². The fourth-order valence-corrected chi connectivity index (χ4v) is 2.32. The summed E-state index contributed by atoms with van der Waals surface area (Å²) in [6, 6.07) is 6.25. The minimum atomic E-state index is 0.693. The number of aromatic nitrogens is 4. The van der Waals surface area contributed by atoms with Crippen molar-refractivity contribution in [2.45, 2.75) is 6.92 Å². The van der Waals surface area contributed by atoms with Crippen LogP contribution in [0.25, 0.3) is 16.7 Å². The molecule has 3 aromatic rings. The minimum Gasteiger partial charge on any atom is -0.330 e. The zero-order valence-electron chi connectivity index (χ0n) is 9.64. The van der Waals surface area contributed by atoms with E-state index in [0.717, 1.165) is 16.7 Å². The van der Waals surface area contributed by atoms with Gasteiger partial charge < -0.3 is 4.98 Å². The average Bonchev–Trinajstić information content (AvgIpc) is 2.80. The summed E-state index contributed by atoms with van der Waals surface area (Å²) in [4.78, 5) is 3.22. The molecule has 1 N–H and O–H groups in total. The number of hydrogen-bond acceptors (Lipinski definition) is 2. The number of aromatic amines is 1. The molecule has 0 unspecified atom stereocenters. The van der Waals surface area contributed by atoms with Crippen LogP contribution in [0.5, 0.6) is 0 Å². The fraction of sp³-hybridized carbons (Fsp3) is 0.167. The molecule has 0 fully saturated rings. The highest BCUT2D eigenvalue weighted by atomic mass is 32.1. The van der Waals surface area contributed by atoms with Crippen molar-refractivity contribution in [2.75, 3.05) is 0 Å². The Morgan fingerprint density at radius 3 is 2.88 bits per heavy atom. The Morgan fingerprint density at radius 2 is 2.18 bits per heavy atom. The van der Waals surface area contributed by atoms with Crippen molar-refractivity contribution >= 4 is 23.3 Å². The molecule has 0 aliphatic heterocycles. The molecule has 3 rings (SSSR count). The summed E-state index contributed by atoms with van der Waals surface area (Å²) in [5, 5.41) is 4.17. The Labute approximate surface area is 104 Å². The van der Waals surface area contributed by atoms with Gasteiger partial charge in [-0.05, 0) is 36.8 Å². The number of H-pyrrole nitrogens is 1. The van der Waals surface area contributed by atoms with Gasteiger partial charge in [0.25, 0.3) is 0 Å². The maximum atomic E-state index is 5.36. The molecule has 2 aromatic heterocycles. The monoisotopic (exact) mass is 244 g/mol. The Balaban J connectivity index is 2.36. The predicted octanol–water partition coefficient (Wildman–Crippen LogP) is 2.73. The van der Waals surface area contributed by atoms with Crippen LogP contribution in [0.2, 0.25) is 0 Å². The smallest absolute Gasteiger partial charge is 0.182 e. The maximum absolute atomic E-state index is 5.36. The lowest BCUT2D eigenvalue weighted by molar-refractivity contribution is 0.767. The first-order valence-corrected chi connectivity index (χ1v) is 5.76. The van der Waals surface area contributed by atoms with Crippen LogP contribution in [0.4, 0.5) is 0 Å². The van der Waals surface area contributed by atoms with Crippen molar-refractivity contribution in [3.8, 4) is 5.69 Å². The second-order valence-electron chi connectivity index (χ2n) is 4.16. The first-order chi connectivity index (χ1) is 8.15. The van der Waals surface area contributed by atoms with E-state index in [1.54, 1.807) is 4.68 Å². The number of benzene rings is 1. The van der Waals surface area contributed by atoms with Gasteiger partial charge >= 0.3 is 0 Å². The van der Waals surface area contributed by atoms with Crippen LogP contribution in [0.15, 0.2) is 30.6 Å². The molecule has 17 heavy (non-hydrogen) atoms. The van der Waals surface area contributed by atoms with Gasteiger partial charge in [-0.15, -0.1) is 0 Å². The van der Waals surface area contributed by atoms with Crippen LogP contribution in [-0.4, -0.2) is 19.3 Å². The van der Waals surface area contributed by atoms with Crippen molar-refractivity contribution in [3.63, 3.8) is 0 Å². The van der Waals surface area contributed by atoms with E-state index >= 15 is 0 Å². The third kappa shape index (κ3) is 1.59. The van der Waals surface area contributed by atoms with Gasteiger partial charge in [-0.3, -0.25) is 9.25 Å². The van der Waals surface area contributed by atoms with Crippen LogP contribution in [0, 0.1) is 11.7 Å². The molecule has 0 radical (unpaired) electrons. The first-order valence-electron chi connectivity index (χ1n) is 5.35. The highest BCUT2D eigenvalue weighted by Crippen LogP contribution is 2.19. The number of nitrogens with zero attached hydrogens (tertiary/aromatic N) is 3. The Kier molecular flexibility index (Phi) is 2.16. The van der Waals surface area contributed by atoms with Crippen LogP contribution in [-0.2, 0) is 7.05 Å². The zero-order valence-corrected chi connectivity index (χ0v) is 10.5. The Morgan fingerprint density at radius 1 is 1.35 bits per heavy atom. The van der Waals surface area contributed by atoms with E-state index in [-0.39, 0.29) is 0 Å². The van der Waals surface area contributed by atoms with Gasteiger partial charge in [0.05, 0.1) is 22.9 Å². The van der Waals surface area contributed by atoms with Gasteiger partial charge in [0.1, 0.15) is 0 Å². The van der Waals surface area contributed by atoms with Crippen LogP contribution >= 0.6 is 12.2 Å². The number of nitrogens with one attached hydrogen (secondary N) is 1. The van der Waals surface area contributed by atoms with E-state index < -0.39 is 0 Å². The van der Waals surface area contributed by atoms with Crippen molar-refractivity contribution in [3.05, 3.63) is 40.9 Å². The first kappa shape index (κ1) is 10.3. The molecule has 0 saturated heterocycles. The van der Waals surface area contributed by atoms with Crippen LogP contribution < -0.4 is 0 Å². The summed E-state index contributed by atoms with van der Waals surface area (Å²) >= 11 is 5.36. The van der Waals surface area contributed by atoms with Crippen molar-refractivity contribution in [1.82, 2.24) is 19.3 Å². The molecule has 0 spiro atoms. The lowest BCUT2D eigenvalue weighted by Crippen LogP contribution is -1.92. The minimum absolute atomic E-state index is 0.693. The maximum Gasteiger partial charge on any atom is 0.182 e. The summed E-state index contributed by atoms with van der Waals surface area (Å²) in [7, 11) is 1.89. The summed E-state index contributed by atoms with van der Waals surface area (Å²) in [6.45, 7) is 2.07. The molecule has 86 valence electrons. The van der Waals surface area contributed by atoms with E-state index in [1.165, 1.54) is 5.56 Å². The largest absolute Gasteiger partial charge is 0.330 e. The van der Waals surface area contributed by atoms with E-state index in [4.69, 9.17) is 12.2 Å². The molecular weight excluding hydrogens is 232 g/mol. The van der Waals surface area contributed by atoms with E-state index in [2.05, 4.69) is 35.2 Å². The van der Waals surface area contributed by atoms with Gasteiger partial charge in [-0.25, -0.2) is 0 Å². The molecule has 4 nitrogen and oxygen atoms in total. The Hall–Kier alpha value is -1.88. The van der Waals surface area contributed by atoms with Crippen molar-refractivity contribution < 1.29 is 0 Å². The number of aryl methyl sites for hydroxylation is 2. The second kappa shape index (κ2) is 3.56. The normalized spacial score (nSPS) is 11.2. The number of imidazole rings is 1. The second-order valence-corrected chi connectivity index (χ2v) is 4.55. The molecule has 0 amide bonds. The summed E-state index contributed by atoms with van der Waals surface area (Å²) in [5.41, 5.74) is 4.33. The third-order valence-electron chi connectivity index (χ3n) is 2.79. The third-order valence-corrected chi connectivity index (χ3v) is 3.07. The fourth-order valence-electron chi connectivity index (χ4n) is 2.01. The molecule has 0 bridgehead atoms. The lowest BCUT2D eigenvalue weighted by Gasteiger charge is -2.00. The lowest BCUT2D eigenvalue weighted by atomic mass is 10.2. The van der Waals surface area contributed by atoms with Gasteiger partial charge in [-0.2, -0.15) is 5.10 Å². The number of rotatable bonds is 1. The SMILES string of the molecule is Cc1ccc2c(c1)[nH]c(=S)n2-c1cnn(C)c1. The van der Waals surface area contributed by atoms with Gasteiger partial charge in [0, 0.05) is 13.2 Å². The van der Waals surface area contributed by atoms with E-state index in [1.807, 2.05) is 24.0 Å². The highest BCUT2D eigenvalue weighted by Gasteiger charge is 2.07. The number of hydrogen-bond donors (Lipinski definition) is 1. The van der Waals surface area contributed by atoms with Crippen molar-refractivity contribution in [2.24, 2.45) is 7.05 Å². The van der Waals surface area contributed by atoms with Crippen LogP contribution in [0.1, 0.15) is 5.56 Å². The average molecular weight is 244 g/mol. The molecule has 0 aliphatic rings. The quantitative estimate of drug-likeness (QED) is 0.668. The molecule has 0 saturated carbocycles. The van der Waals surface area contributed by atoms with Gasteiger partial charge in [0.15, 0.2) is 4.77 Å². The molecule has 0 aliphatic carbocycles. The summed E-state index contributed by atoms with van der Waals surface area (Å²) in [5.74, 6) is 0. The van der Waals surface area contributed by atoms with E-state index in [0.29, 0.717) is 4.77 Å². The summed E-state index contributed by atoms with van der Waals surface area (Å²) in [6.07, 6.45) is 3.76. The van der Waals surface area contributed by atoms with E-state index in [9.17, 15) is 0 Å². The van der Waals surface area contributed by atoms with Gasteiger partial charge in [0.2, 0.25) is 0 Å². The molecule has 2 heterocycles. The number of fused-ring (bicyclic) bond motifs is 1. The predicted molar refractivity (Wildman–Crippen MR) is 70.0 cm³/mol. The standard InChI is InChI=1S/C12H12N4S/c1-8-3-4-11-10(5-8)14-12(17)16(11)9-6-13-15(2)7-9/h3-7H,1-2H3,(H,14,17). The Bertz CT molecular complexity index is 747. The summed E-state index contributed by atoms with van der Waals surface area (Å²) < 4.78 is 4.46. The molecular formula is C12H12N4S. The topological polar surface area (TPSA) is 38.5 Å². The zero-order chi connectivity index (χ0) is 12.0. The van der Waals surface area contributed by atoms with Crippen molar-refractivity contribution in [1.29, 1.82) is 0 Å². The van der Waals surface area contributed by atoms with Gasteiger partial charge in [-0.1, -0.05) is 6.07 Å². The molecule has 5 heteroatoms. The molecule has 0 atom stereocenters. The highest BCUT2D eigenvalue weighted by molar-refractivity contribution is 7.71. The molecule has 1 aromatic carbocycles.